The molecule has 1 unspecified atom stereocenters. The van der Waals surface area contributed by atoms with Crippen LogP contribution in [0.5, 0.6) is 5.75 Å². The Kier molecular flexibility index (Phi) is 6.40. The average molecular weight is 475 g/mol. The molecule has 1 atom stereocenters. The Balaban J connectivity index is 1.29. The number of ether oxygens (including phenoxy) is 1. The van der Waals surface area contributed by atoms with Crippen LogP contribution in [0.2, 0.25) is 0 Å². The standard InChI is InChI=1S/C26H26N4O3S/c1-17-23(34-25(29-17)21-10-5-6-12-27-21)26(31)30-13-7-9-19(16-30)24-28-15-20(33-24)14-18-8-3-4-11-22(18)32-2/h3-6,8,10-12,15,19H,7,9,13-14,16H2,1-2H3. The van der Waals surface area contributed by atoms with Crippen molar-refractivity contribution in [2.45, 2.75) is 32.1 Å². The number of methoxy groups -OCH3 is 1. The number of carbonyl (C=O) groups is 1. The summed E-state index contributed by atoms with van der Waals surface area (Å²) in [5.41, 5.74) is 2.58. The van der Waals surface area contributed by atoms with Gasteiger partial charge in [0.2, 0.25) is 0 Å². The fraction of sp³-hybridized carbons (Fsp3) is 0.308. The third-order valence-corrected chi connectivity index (χ3v) is 7.23. The summed E-state index contributed by atoms with van der Waals surface area (Å²) < 4.78 is 11.6. The second-order valence-electron chi connectivity index (χ2n) is 8.39. The van der Waals surface area contributed by atoms with Crippen molar-refractivity contribution < 1.29 is 13.9 Å². The van der Waals surface area contributed by atoms with Crippen LogP contribution in [0.4, 0.5) is 0 Å². The first-order chi connectivity index (χ1) is 16.6. The zero-order chi connectivity index (χ0) is 23.5. The van der Waals surface area contributed by atoms with Gasteiger partial charge in [0, 0.05) is 31.3 Å². The predicted octanol–water partition coefficient (Wildman–Crippen LogP) is 5.12. The molecule has 1 saturated heterocycles. The second-order valence-corrected chi connectivity index (χ2v) is 9.39. The third-order valence-electron chi connectivity index (χ3n) is 6.06. The summed E-state index contributed by atoms with van der Waals surface area (Å²) in [6.07, 6.45) is 5.99. The van der Waals surface area contributed by atoms with E-state index in [0.29, 0.717) is 23.7 Å². The van der Waals surface area contributed by atoms with Gasteiger partial charge >= 0.3 is 0 Å². The first-order valence-electron chi connectivity index (χ1n) is 11.4. The van der Waals surface area contributed by atoms with Crippen molar-refractivity contribution >= 4 is 17.2 Å². The van der Waals surface area contributed by atoms with E-state index < -0.39 is 0 Å². The summed E-state index contributed by atoms with van der Waals surface area (Å²) in [5, 5.41) is 0.767. The van der Waals surface area contributed by atoms with Crippen LogP contribution in [0.1, 0.15) is 51.3 Å². The van der Waals surface area contributed by atoms with E-state index in [-0.39, 0.29) is 11.8 Å². The molecule has 1 amide bonds. The number of aromatic nitrogens is 3. The molecule has 8 heteroatoms. The lowest BCUT2D eigenvalue weighted by Crippen LogP contribution is -2.39. The molecule has 4 heterocycles. The number of para-hydroxylation sites is 1. The van der Waals surface area contributed by atoms with Crippen LogP contribution >= 0.6 is 11.3 Å². The topological polar surface area (TPSA) is 81.4 Å². The van der Waals surface area contributed by atoms with Crippen molar-refractivity contribution in [1.82, 2.24) is 19.9 Å². The largest absolute Gasteiger partial charge is 0.496 e. The lowest BCUT2D eigenvalue weighted by molar-refractivity contribution is 0.0702. The fourth-order valence-corrected chi connectivity index (χ4v) is 5.34. The van der Waals surface area contributed by atoms with Gasteiger partial charge in [-0.2, -0.15) is 0 Å². The van der Waals surface area contributed by atoms with Crippen molar-refractivity contribution in [3.05, 3.63) is 82.6 Å². The van der Waals surface area contributed by atoms with E-state index in [2.05, 4.69) is 15.0 Å². The number of hydrogen-bond acceptors (Lipinski definition) is 7. The highest BCUT2D eigenvalue weighted by Gasteiger charge is 2.30. The predicted molar refractivity (Wildman–Crippen MR) is 130 cm³/mol. The lowest BCUT2D eigenvalue weighted by atomic mass is 9.98. The smallest absolute Gasteiger partial charge is 0.265 e. The summed E-state index contributed by atoms with van der Waals surface area (Å²) in [6, 6.07) is 13.6. The minimum atomic E-state index is 0.0164. The Morgan fingerprint density at radius 2 is 2.06 bits per heavy atom. The van der Waals surface area contributed by atoms with Gasteiger partial charge in [-0.25, -0.2) is 9.97 Å². The lowest BCUT2D eigenvalue weighted by Gasteiger charge is -2.31. The average Bonchev–Trinajstić information content (AvgIpc) is 3.51. The first kappa shape index (κ1) is 22.3. The molecule has 7 nitrogen and oxygen atoms in total. The van der Waals surface area contributed by atoms with E-state index in [1.807, 2.05) is 54.3 Å². The van der Waals surface area contributed by atoms with Gasteiger partial charge in [0.05, 0.1) is 30.6 Å². The van der Waals surface area contributed by atoms with Crippen LogP contribution in [-0.2, 0) is 6.42 Å². The number of hydrogen-bond donors (Lipinski definition) is 0. The molecule has 0 bridgehead atoms. The van der Waals surface area contributed by atoms with E-state index in [0.717, 1.165) is 52.9 Å². The molecule has 1 aromatic carbocycles. The number of benzene rings is 1. The minimum absolute atomic E-state index is 0.0164. The first-order valence-corrected chi connectivity index (χ1v) is 12.2. The van der Waals surface area contributed by atoms with Gasteiger partial charge < -0.3 is 14.1 Å². The Morgan fingerprint density at radius 1 is 1.21 bits per heavy atom. The van der Waals surface area contributed by atoms with Gasteiger partial charge in [-0.15, -0.1) is 11.3 Å². The highest BCUT2D eigenvalue weighted by molar-refractivity contribution is 7.17. The van der Waals surface area contributed by atoms with E-state index in [4.69, 9.17) is 9.15 Å². The van der Waals surface area contributed by atoms with Gasteiger partial charge in [-0.1, -0.05) is 24.3 Å². The molecule has 34 heavy (non-hydrogen) atoms. The number of piperidine rings is 1. The van der Waals surface area contributed by atoms with Gasteiger partial charge in [0.15, 0.2) is 5.89 Å². The number of pyridine rings is 1. The maximum atomic E-state index is 13.4. The molecule has 0 radical (unpaired) electrons. The number of likely N-dealkylation sites (tertiary alicyclic amines) is 1. The zero-order valence-corrected chi connectivity index (χ0v) is 20.0. The van der Waals surface area contributed by atoms with Crippen LogP contribution in [-0.4, -0.2) is 46.0 Å². The van der Waals surface area contributed by atoms with E-state index >= 15 is 0 Å². The number of thiazole rings is 1. The normalized spacial score (nSPS) is 15.9. The van der Waals surface area contributed by atoms with Crippen LogP contribution in [0.25, 0.3) is 10.7 Å². The number of nitrogens with zero attached hydrogens (tertiary/aromatic N) is 4. The monoisotopic (exact) mass is 474 g/mol. The van der Waals surface area contributed by atoms with Crippen molar-refractivity contribution in [3.63, 3.8) is 0 Å². The summed E-state index contributed by atoms with van der Waals surface area (Å²) >= 11 is 1.40. The molecule has 1 aliphatic rings. The molecule has 3 aromatic heterocycles. The number of rotatable bonds is 6. The van der Waals surface area contributed by atoms with E-state index in [1.54, 1.807) is 19.5 Å². The van der Waals surface area contributed by atoms with Crippen LogP contribution in [0, 0.1) is 6.92 Å². The molecule has 4 aromatic rings. The van der Waals surface area contributed by atoms with Gasteiger partial charge in [-0.05, 0) is 38.0 Å². The van der Waals surface area contributed by atoms with Crippen LogP contribution in [0.3, 0.4) is 0 Å². The molecule has 0 saturated carbocycles. The number of carbonyl (C=O) groups excluding carboxylic acids is 1. The van der Waals surface area contributed by atoms with Gasteiger partial charge in [0.1, 0.15) is 21.4 Å². The maximum Gasteiger partial charge on any atom is 0.265 e. The molecule has 174 valence electrons. The minimum Gasteiger partial charge on any atom is -0.496 e. The molecule has 0 spiro atoms. The molecule has 0 aliphatic carbocycles. The van der Waals surface area contributed by atoms with Gasteiger partial charge in [0.25, 0.3) is 5.91 Å². The number of amides is 1. The third kappa shape index (κ3) is 4.59. The fourth-order valence-electron chi connectivity index (χ4n) is 4.33. The molecule has 5 rings (SSSR count). The summed E-state index contributed by atoms with van der Waals surface area (Å²) in [4.78, 5) is 29.5. The zero-order valence-electron chi connectivity index (χ0n) is 19.2. The van der Waals surface area contributed by atoms with E-state index in [9.17, 15) is 4.79 Å². The van der Waals surface area contributed by atoms with Crippen molar-refractivity contribution in [2.24, 2.45) is 0 Å². The molecule has 1 aliphatic heterocycles. The Hall–Kier alpha value is -3.52. The van der Waals surface area contributed by atoms with Crippen LogP contribution < -0.4 is 4.74 Å². The second kappa shape index (κ2) is 9.77. The van der Waals surface area contributed by atoms with Gasteiger partial charge in [-0.3, -0.25) is 9.78 Å². The molecule has 1 fully saturated rings. The number of oxazole rings is 1. The SMILES string of the molecule is COc1ccccc1Cc1cnc(C2CCCN(C(=O)c3sc(-c4ccccn4)nc3C)C2)o1. The van der Waals surface area contributed by atoms with Crippen molar-refractivity contribution in [1.29, 1.82) is 0 Å². The highest BCUT2D eigenvalue weighted by atomic mass is 32.1. The molecular weight excluding hydrogens is 448 g/mol. The van der Waals surface area contributed by atoms with E-state index in [1.165, 1.54) is 11.3 Å². The summed E-state index contributed by atoms with van der Waals surface area (Å²) in [6.45, 7) is 3.19. The maximum absolute atomic E-state index is 13.4. The Labute approximate surface area is 202 Å². The summed E-state index contributed by atoms with van der Waals surface area (Å²) in [7, 11) is 1.67. The summed E-state index contributed by atoms with van der Waals surface area (Å²) in [5.74, 6) is 2.41. The number of aryl methyl sites for hydroxylation is 1. The molecular formula is C26H26N4O3S. The van der Waals surface area contributed by atoms with Crippen LogP contribution in [0.15, 0.2) is 59.3 Å². The van der Waals surface area contributed by atoms with Crippen molar-refractivity contribution in [2.75, 3.05) is 20.2 Å². The highest BCUT2D eigenvalue weighted by Crippen LogP contribution is 2.32. The van der Waals surface area contributed by atoms with Crippen molar-refractivity contribution in [3.8, 4) is 16.5 Å². The Bertz CT molecular complexity index is 1280. The molecule has 0 N–H and O–H groups in total. The Morgan fingerprint density at radius 3 is 2.88 bits per heavy atom. The quantitative estimate of drug-likeness (QED) is 0.386.